The SMILES string of the molecule is CC(F)(F)C(O)(c1ccccc1NC(=O)c1ccc(-n2ccnc2)nn1)C(F)(F)F. The maximum atomic E-state index is 13.9. The zero-order valence-corrected chi connectivity index (χ0v) is 15.2. The van der Waals surface area contributed by atoms with Gasteiger partial charge in [-0.05, 0) is 18.2 Å². The number of aliphatic hydroxyl groups is 1. The minimum Gasteiger partial charge on any atom is -0.372 e. The first kappa shape index (κ1) is 21.3. The first-order valence-electron chi connectivity index (χ1n) is 8.35. The van der Waals surface area contributed by atoms with E-state index in [0.717, 1.165) is 12.1 Å². The Kier molecular flexibility index (Phi) is 5.29. The number of hydrogen-bond acceptors (Lipinski definition) is 5. The van der Waals surface area contributed by atoms with Crippen molar-refractivity contribution in [2.24, 2.45) is 0 Å². The Morgan fingerprint density at radius 1 is 1.07 bits per heavy atom. The number of carbonyl (C=O) groups is 1. The summed E-state index contributed by atoms with van der Waals surface area (Å²) in [6.45, 7) is -0.0562. The smallest absolute Gasteiger partial charge is 0.372 e. The standard InChI is InChI=1S/C18H14F5N5O2/c1-16(19,20)17(30,18(21,22)23)11-4-2-3-5-12(11)25-15(29)13-6-7-14(27-26-13)28-9-8-24-10-28/h2-10,30H,1H3,(H,25,29). The van der Waals surface area contributed by atoms with Crippen LogP contribution in [0.3, 0.4) is 0 Å². The van der Waals surface area contributed by atoms with Crippen LogP contribution in [-0.2, 0) is 5.60 Å². The molecule has 1 atom stereocenters. The monoisotopic (exact) mass is 427 g/mol. The van der Waals surface area contributed by atoms with E-state index in [1.165, 1.54) is 35.3 Å². The Morgan fingerprint density at radius 3 is 2.30 bits per heavy atom. The van der Waals surface area contributed by atoms with Gasteiger partial charge in [-0.2, -0.15) is 13.2 Å². The number of halogens is 5. The number of benzene rings is 1. The van der Waals surface area contributed by atoms with Crippen molar-refractivity contribution in [3.63, 3.8) is 0 Å². The van der Waals surface area contributed by atoms with Crippen LogP contribution in [0.2, 0.25) is 0 Å². The Morgan fingerprint density at radius 2 is 1.77 bits per heavy atom. The lowest BCUT2D eigenvalue weighted by atomic mass is 9.86. The molecule has 0 spiro atoms. The molecule has 0 saturated carbocycles. The summed E-state index contributed by atoms with van der Waals surface area (Å²) in [5.41, 5.74) is -6.67. The average molecular weight is 427 g/mol. The fraction of sp³-hybridized carbons (Fsp3) is 0.222. The Labute approximate surface area is 166 Å². The second kappa shape index (κ2) is 7.44. The third-order valence-corrected chi connectivity index (χ3v) is 4.26. The van der Waals surface area contributed by atoms with Crippen LogP contribution in [0.5, 0.6) is 0 Å². The molecule has 3 rings (SSSR count). The summed E-state index contributed by atoms with van der Waals surface area (Å²) in [6, 6.07) is 6.52. The average Bonchev–Trinajstić information content (AvgIpc) is 3.21. The molecule has 0 aliphatic carbocycles. The highest BCUT2D eigenvalue weighted by molar-refractivity contribution is 6.03. The largest absolute Gasteiger partial charge is 0.427 e. The van der Waals surface area contributed by atoms with E-state index >= 15 is 0 Å². The molecule has 1 amide bonds. The summed E-state index contributed by atoms with van der Waals surface area (Å²) < 4.78 is 69.5. The van der Waals surface area contributed by atoms with Crippen LogP contribution in [0, 0.1) is 0 Å². The van der Waals surface area contributed by atoms with Crippen LogP contribution in [0.15, 0.2) is 55.1 Å². The molecule has 30 heavy (non-hydrogen) atoms. The molecular weight excluding hydrogens is 413 g/mol. The summed E-state index contributed by atoms with van der Waals surface area (Å²) in [4.78, 5) is 16.2. The van der Waals surface area contributed by atoms with Crippen molar-refractivity contribution in [3.05, 3.63) is 66.4 Å². The molecule has 0 aliphatic rings. The summed E-state index contributed by atoms with van der Waals surface area (Å²) in [6.07, 6.45) is -1.23. The summed E-state index contributed by atoms with van der Waals surface area (Å²) in [5.74, 6) is -5.28. The van der Waals surface area contributed by atoms with Gasteiger partial charge in [-0.3, -0.25) is 9.36 Å². The van der Waals surface area contributed by atoms with Crippen molar-refractivity contribution < 1.29 is 31.9 Å². The van der Waals surface area contributed by atoms with Crippen LogP contribution in [0.1, 0.15) is 23.0 Å². The molecule has 1 aromatic carbocycles. The van der Waals surface area contributed by atoms with Crippen LogP contribution < -0.4 is 5.32 Å². The Balaban J connectivity index is 1.94. The Hall–Kier alpha value is -3.41. The van der Waals surface area contributed by atoms with E-state index in [2.05, 4.69) is 20.5 Å². The van der Waals surface area contributed by atoms with E-state index in [1.54, 1.807) is 6.20 Å². The molecule has 3 aromatic rings. The molecule has 158 valence electrons. The predicted octanol–water partition coefficient (Wildman–Crippen LogP) is 3.32. The summed E-state index contributed by atoms with van der Waals surface area (Å²) >= 11 is 0. The number of imidazole rings is 1. The Bertz CT molecular complexity index is 1020. The zero-order chi connectivity index (χ0) is 22.2. The molecule has 0 saturated heterocycles. The molecule has 2 heterocycles. The van der Waals surface area contributed by atoms with E-state index in [0.29, 0.717) is 11.9 Å². The lowest BCUT2D eigenvalue weighted by Gasteiger charge is -2.36. The molecule has 1 unspecified atom stereocenters. The molecule has 0 fully saturated rings. The van der Waals surface area contributed by atoms with Crippen molar-refractivity contribution in [3.8, 4) is 5.82 Å². The maximum absolute atomic E-state index is 13.9. The van der Waals surface area contributed by atoms with Gasteiger partial charge in [0.15, 0.2) is 11.5 Å². The van der Waals surface area contributed by atoms with Crippen molar-refractivity contribution in [2.75, 3.05) is 5.32 Å². The van der Waals surface area contributed by atoms with Crippen molar-refractivity contribution in [1.29, 1.82) is 0 Å². The number of nitrogens with zero attached hydrogens (tertiary/aromatic N) is 4. The number of alkyl halides is 5. The fourth-order valence-corrected chi connectivity index (χ4v) is 2.71. The number of anilines is 1. The number of aromatic nitrogens is 4. The van der Waals surface area contributed by atoms with Gasteiger partial charge in [0.05, 0.1) is 0 Å². The molecule has 2 N–H and O–H groups in total. The number of nitrogens with one attached hydrogen (secondary N) is 1. The van der Waals surface area contributed by atoms with E-state index in [-0.39, 0.29) is 12.6 Å². The van der Waals surface area contributed by atoms with Crippen molar-refractivity contribution in [2.45, 2.75) is 24.6 Å². The van der Waals surface area contributed by atoms with Crippen molar-refractivity contribution in [1.82, 2.24) is 19.7 Å². The first-order chi connectivity index (χ1) is 13.9. The fourth-order valence-electron chi connectivity index (χ4n) is 2.71. The van der Waals surface area contributed by atoms with Gasteiger partial charge in [-0.25, -0.2) is 13.8 Å². The van der Waals surface area contributed by atoms with Gasteiger partial charge in [-0.15, -0.1) is 10.2 Å². The molecule has 12 heteroatoms. The molecular formula is C18H14F5N5O2. The van der Waals surface area contributed by atoms with Crippen LogP contribution in [0.25, 0.3) is 5.82 Å². The number of rotatable bonds is 5. The molecule has 2 aromatic heterocycles. The van der Waals surface area contributed by atoms with Crippen LogP contribution in [-0.4, -0.2) is 42.9 Å². The van der Waals surface area contributed by atoms with Crippen LogP contribution >= 0.6 is 0 Å². The van der Waals surface area contributed by atoms with E-state index in [4.69, 9.17) is 0 Å². The van der Waals surface area contributed by atoms with E-state index in [9.17, 15) is 31.9 Å². The highest BCUT2D eigenvalue weighted by Crippen LogP contribution is 2.51. The molecule has 0 radical (unpaired) electrons. The maximum Gasteiger partial charge on any atom is 0.427 e. The number of amides is 1. The quantitative estimate of drug-likeness (QED) is 0.610. The second-order valence-electron chi connectivity index (χ2n) is 6.34. The number of hydrogen-bond donors (Lipinski definition) is 2. The molecule has 7 nitrogen and oxygen atoms in total. The topological polar surface area (TPSA) is 92.9 Å². The van der Waals surface area contributed by atoms with E-state index < -0.39 is 34.9 Å². The number of para-hydroxylation sites is 1. The first-order valence-corrected chi connectivity index (χ1v) is 8.35. The van der Waals surface area contributed by atoms with Gasteiger partial charge in [0, 0.05) is 30.6 Å². The minimum absolute atomic E-state index is 0.0562. The van der Waals surface area contributed by atoms with Crippen molar-refractivity contribution >= 4 is 11.6 Å². The van der Waals surface area contributed by atoms with Gasteiger partial charge in [0.25, 0.3) is 17.4 Å². The normalized spacial score (nSPS) is 14.2. The zero-order valence-electron chi connectivity index (χ0n) is 15.2. The van der Waals surface area contributed by atoms with Gasteiger partial charge in [-0.1, -0.05) is 18.2 Å². The lowest BCUT2D eigenvalue weighted by molar-refractivity contribution is -0.334. The predicted molar refractivity (Wildman–Crippen MR) is 94.1 cm³/mol. The van der Waals surface area contributed by atoms with Gasteiger partial charge < -0.3 is 10.4 Å². The van der Waals surface area contributed by atoms with Gasteiger partial charge in [0.1, 0.15) is 6.33 Å². The second-order valence-corrected chi connectivity index (χ2v) is 6.34. The summed E-state index contributed by atoms with van der Waals surface area (Å²) in [5, 5.41) is 19.5. The van der Waals surface area contributed by atoms with Crippen LogP contribution in [0.4, 0.5) is 27.6 Å². The molecule has 0 aliphatic heterocycles. The lowest BCUT2D eigenvalue weighted by Crippen LogP contribution is -2.54. The van der Waals surface area contributed by atoms with E-state index in [1.807, 2.05) is 0 Å². The van der Waals surface area contributed by atoms with Gasteiger partial charge >= 0.3 is 6.18 Å². The molecule has 0 bridgehead atoms. The minimum atomic E-state index is -5.72. The summed E-state index contributed by atoms with van der Waals surface area (Å²) in [7, 11) is 0. The number of carbonyl (C=O) groups excluding carboxylic acids is 1. The third kappa shape index (κ3) is 3.73. The highest BCUT2D eigenvalue weighted by Gasteiger charge is 2.68. The van der Waals surface area contributed by atoms with Gasteiger partial charge in [0.2, 0.25) is 0 Å². The highest BCUT2D eigenvalue weighted by atomic mass is 19.4. The third-order valence-electron chi connectivity index (χ3n) is 4.26.